The maximum atomic E-state index is 12.2. The minimum Gasteiger partial charge on any atom is -0.376 e. The van der Waals surface area contributed by atoms with E-state index in [4.69, 9.17) is 27.9 Å². The van der Waals surface area contributed by atoms with Crippen molar-refractivity contribution in [1.29, 1.82) is 0 Å². The molecule has 1 unspecified atom stereocenters. The van der Waals surface area contributed by atoms with Gasteiger partial charge in [0.15, 0.2) is 0 Å². The van der Waals surface area contributed by atoms with Crippen LogP contribution in [0.2, 0.25) is 10.0 Å². The van der Waals surface area contributed by atoms with Crippen molar-refractivity contribution in [1.82, 2.24) is 10.3 Å². The largest absolute Gasteiger partial charge is 0.376 e. The van der Waals surface area contributed by atoms with E-state index in [-0.39, 0.29) is 12.0 Å². The van der Waals surface area contributed by atoms with Crippen LogP contribution in [-0.4, -0.2) is 30.1 Å². The SMILES string of the molecule is O=C(NCC1CCCO1)c1cncc(Nc2cccc(Cl)c2Cl)c1. The Morgan fingerprint density at radius 3 is 3.00 bits per heavy atom. The maximum Gasteiger partial charge on any atom is 0.253 e. The normalized spacial score (nSPS) is 16.8. The molecule has 1 aromatic heterocycles. The Balaban J connectivity index is 1.67. The van der Waals surface area contributed by atoms with Gasteiger partial charge in [-0.3, -0.25) is 9.78 Å². The zero-order valence-corrected chi connectivity index (χ0v) is 14.4. The number of carbonyl (C=O) groups excluding carboxylic acids is 1. The summed E-state index contributed by atoms with van der Waals surface area (Å²) in [4.78, 5) is 16.3. The Morgan fingerprint density at radius 1 is 1.33 bits per heavy atom. The van der Waals surface area contributed by atoms with Gasteiger partial charge in [-0.05, 0) is 31.0 Å². The van der Waals surface area contributed by atoms with E-state index < -0.39 is 0 Å². The number of ether oxygens (including phenoxy) is 1. The van der Waals surface area contributed by atoms with Crippen LogP contribution in [0.5, 0.6) is 0 Å². The molecule has 7 heteroatoms. The average molecular weight is 366 g/mol. The Labute approximate surface area is 150 Å². The second-order valence-corrected chi connectivity index (χ2v) is 6.32. The maximum absolute atomic E-state index is 12.2. The minimum absolute atomic E-state index is 0.105. The van der Waals surface area contributed by atoms with Gasteiger partial charge >= 0.3 is 0 Å². The second kappa shape index (κ2) is 7.83. The number of hydrogen-bond donors (Lipinski definition) is 2. The van der Waals surface area contributed by atoms with Crippen molar-refractivity contribution in [3.05, 3.63) is 52.3 Å². The summed E-state index contributed by atoms with van der Waals surface area (Å²) in [7, 11) is 0. The topological polar surface area (TPSA) is 63.2 Å². The number of nitrogens with zero attached hydrogens (tertiary/aromatic N) is 1. The molecular weight excluding hydrogens is 349 g/mol. The standard InChI is InChI=1S/C17H17Cl2N3O2/c18-14-4-1-5-15(16(14)19)22-12-7-11(8-20-9-12)17(23)21-10-13-3-2-6-24-13/h1,4-5,7-9,13,22H,2-3,6,10H2,(H,21,23). The van der Waals surface area contributed by atoms with Crippen LogP contribution in [-0.2, 0) is 4.74 Å². The van der Waals surface area contributed by atoms with Gasteiger partial charge in [0.05, 0.1) is 39.3 Å². The summed E-state index contributed by atoms with van der Waals surface area (Å²) >= 11 is 12.2. The third-order valence-electron chi connectivity index (χ3n) is 3.75. The molecule has 24 heavy (non-hydrogen) atoms. The lowest BCUT2D eigenvalue weighted by Gasteiger charge is -2.12. The van der Waals surface area contributed by atoms with E-state index in [1.807, 2.05) is 0 Å². The number of amides is 1. The van der Waals surface area contributed by atoms with Gasteiger partial charge in [-0.15, -0.1) is 0 Å². The van der Waals surface area contributed by atoms with E-state index in [9.17, 15) is 4.79 Å². The monoisotopic (exact) mass is 365 g/mol. The van der Waals surface area contributed by atoms with Crippen molar-refractivity contribution < 1.29 is 9.53 Å². The number of nitrogens with one attached hydrogen (secondary N) is 2. The molecule has 1 aliphatic rings. The molecule has 1 fully saturated rings. The fraction of sp³-hybridized carbons (Fsp3) is 0.294. The van der Waals surface area contributed by atoms with Crippen LogP contribution in [0.15, 0.2) is 36.7 Å². The average Bonchev–Trinajstić information content (AvgIpc) is 3.11. The number of rotatable bonds is 5. The Hall–Kier alpha value is -1.82. The van der Waals surface area contributed by atoms with Crippen molar-refractivity contribution in [3.63, 3.8) is 0 Å². The summed E-state index contributed by atoms with van der Waals surface area (Å²) in [6, 6.07) is 7.03. The third-order valence-corrected chi connectivity index (χ3v) is 4.56. The highest BCUT2D eigenvalue weighted by Crippen LogP contribution is 2.31. The second-order valence-electron chi connectivity index (χ2n) is 5.53. The molecular formula is C17H17Cl2N3O2. The number of aromatic nitrogens is 1. The molecule has 0 aliphatic carbocycles. The third kappa shape index (κ3) is 4.17. The number of hydrogen-bond acceptors (Lipinski definition) is 4. The summed E-state index contributed by atoms with van der Waals surface area (Å²) in [6.45, 7) is 1.28. The zero-order chi connectivity index (χ0) is 16.9. The lowest BCUT2D eigenvalue weighted by atomic mass is 10.2. The summed E-state index contributed by atoms with van der Waals surface area (Å²) in [5, 5.41) is 6.88. The summed E-state index contributed by atoms with van der Waals surface area (Å²) < 4.78 is 5.50. The van der Waals surface area contributed by atoms with Gasteiger partial charge < -0.3 is 15.4 Å². The first-order valence-corrected chi connectivity index (χ1v) is 8.45. The van der Waals surface area contributed by atoms with E-state index in [0.717, 1.165) is 19.4 Å². The van der Waals surface area contributed by atoms with E-state index in [1.165, 1.54) is 6.20 Å². The quantitative estimate of drug-likeness (QED) is 0.838. The van der Waals surface area contributed by atoms with Crippen LogP contribution < -0.4 is 10.6 Å². The lowest BCUT2D eigenvalue weighted by Crippen LogP contribution is -2.31. The van der Waals surface area contributed by atoms with Crippen LogP contribution in [0, 0.1) is 0 Å². The van der Waals surface area contributed by atoms with Crippen molar-refractivity contribution in [3.8, 4) is 0 Å². The Kier molecular flexibility index (Phi) is 5.56. The Bertz CT molecular complexity index is 734. The number of carbonyl (C=O) groups is 1. The molecule has 1 saturated heterocycles. The van der Waals surface area contributed by atoms with Gasteiger partial charge in [-0.2, -0.15) is 0 Å². The molecule has 0 spiro atoms. The fourth-order valence-electron chi connectivity index (χ4n) is 2.50. The van der Waals surface area contributed by atoms with Gasteiger partial charge in [0.25, 0.3) is 5.91 Å². The molecule has 0 radical (unpaired) electrons. The summed E-state index contributed by atoms with van der Waals surface area (Å²) in [6.07, 6.45) is 5.27. The van der Waals surface area contributed by atoms with Gasteiger partial charge in [-0.25, -0.2) is 0 Å². The Morgan fingerprint density at radius 2 is 2.21 bits per heavy atom. The van der Waals surface area contributed by atoms with E-state index in [0.29, 0.717) is 33.5 Å². The van der Waals surface area contributed by atoms with E-state index in [1.54, 1.807) is 30.5 Å². The van der Waals surface area contributed by atoms with E-state index in [2.05, 4.69) is 15.6 Å². The number of halogens is 2. The lowest BCUT2D eigenvalue weighted by molar-refractivity contribution is 0.0857. The minimum atomic E-state index is -0.182. The van der Waals surface area contributed by atoms with Gasteiger partial charge in [0, 0.05) is 19.3 Å². The molecule has 1 aromatic carbocycles. The highest BCUT2D eigenvalue weighted by atomic mass is 35.5. The number of pyridine rings is 1. The molecule has 5 nitrogen and oxygen atoms in total. The van der Waals surface area contributed by atoms with Crippen molar-refractivity contribution in [2.75, 3.05) is 18.5 Å². The highest BCUT2D eigenvalue weighted by Gasteiger charge is 2.17. The van der Waals surface area contributed by atoms with Crippen molar-refractivity contribution in [2.24, 2.45) is 0 Å². The molecule has 0 bridgehead atoms. The molecule has 2 aromatic rings. The van der Waals surface area contributed by atoms with Crippen LogP contribution in [0.25, 0.3) is 0 Å². The number of anilines is 2. The van der Waals surface area contributed by atoms with Gasteiger partial charge in [-0.1, -0.05) is 29.3 Å². The van der Waals surface area contributed by atoms with Crippen LogP contribution in [0.3, 0.4) is 0 Å². The summed E-state index contributed by atoms with van der Waals surface area (Å²) in [5.41, 5.74) is 1.78. The molecule has 2 heterocycles. The molecule has 126 valence electrons. The zero-order valence-electron chi connectivity index (χ0n) is 12.9. The molecule has 1 atom stereocenters. The molecule has 1 amide bonds. The highest BCUT2D eigenvalue weighted by molar-refractivity contribution is 6.43. The smallest absolute Gasteiger partial charge is 0.253 e. The number of benzene rings is 1. The molecule has 2 N–H and O–H groups in total. The molecule has 0 saturated carbocycles. The van der Waals surface area contributed by atoms with Crippen molar-refractivity contribution in [2.45, 2.75) is 18.9 Å². The van der Waals surface area contributed by atoms with Gasteiger partial charge in [0.2, 0.25) is 0 Å². The van der Waals surface area contributed by atoms with Gasteiger partial charge in [0.1, 0.15) is 0 Å². The van der Waals surface area contributed by atoms with Crippen molar-refractivity contribution >= 4 is 40.5 Å². The first-order valence-electron chi connectivity index (χ1n) is 7.69. The fourth-order valence-corrected chi connectivity index (χ4v) is 2.85. The first kappa shape index (κ1) is 17.0. The van der Waals surface area contributed by atoms with Crippen LogP contribution in [0.4, 0.5) is 11.4 Å². The molecule has 3 rings (SSSR count). The van der Waals surface area contributed by atoms with Crippen LogP contribution in [0.1, 0.15) is 23.2 Å². The predicted molar refractivity (Wildman–Crippen MR) is 95.3 cm³/mol. The molecule has 1 aliphatic heterocycles. The summed E-state index contributed by atoms with van der Waals surface area (Å²) in [5.74, 6) is -0.182. The predicted octanol–water partition coefficient (Wildman–Crippen LogP) is 4.04. The first-order chi connectivity index (χ1) is 11.6. The van der Waals surface area contributed by atoms with Crippen LogP contribution >= 0.6 is 23.2 Å². The van der Waals surface area contributed by atoms with E-state index >= 15 is 0 Å².